The molecule has 0 aliphatic heterocycles. The van der Waals surface area contributed by atoms with Crippen molar-refractivity contribution in [3.8, 4) is 0 Å². The SMILES string of the molecule is CCCCCCCCCCCC(=O)NCCCCCCCCCC(C)O. The fraction of sp³-hybridized carbons (Fsp3) is 0.957. The van der Waals surface area contributed by atoms with E-state index in [0.717, 1.165) is 32.2 Å². The van der Waals surface area contributed by atoms with Crippen molar-refractivity contribution < 1.29 is 9.90 Å². The average Bonchev–Trinajstić information content (AvgIpc) is 2.61. The third-order valence-corrected chi connectivity index (χ3v) is 5.13. The van der Waals surface area contributed by atoms with E-state index < -0.39 is 0 Å². The number of rotatable bonds is 20. The summed E-state index contributed by atoms with van der Waals surface area (Å²) in [6, 6.07) is 0. The summed E-state index contributed by atoms with van der Waals surface area (Å²) in [5.74, 6) is 0.242. The first-order chi connectivity index (χ1) is 12.7. The Morgan fingerprint density at radius 2 is 1.19 bits per heavy atom. The van der Waals surface area contributed by atoms with Crippen LogP contribution in [0.25, 0.3) is 0 Å². The Balaban J connectivity index is 3.15. The zero-order valence-electron chi connectivity index (χ0n) is 17.9. The molecule has 0 heterocycles. The highest BCUT2D eigenvalue weighted by atomic mass is 16.3. The smallest absolute Gasteiger partial charge is 0.219 e. The zero-order valence-corrected chi connectivity index (χ0v) is 17.9. The second kappa shape index (κ2) is 20.7. The van der Waals surface area contributed by atoms with Gasteiger partial charge in [-0.2, -0.15) is 0 Å². The van der Waals surface area contributed by atoms with Gasteiger partial charge in [-0.3, -0.25) is 4.79 Å². The lowest BCUT2D eigenvalue weighted by molar-refractivity contribution is -0.121. The summed E-state index contributed by atoms with van der Waals surface area (Å²) in [5.41, 5.74) is 0. The summed E-state index contributed by atoms with van der Waals surface area (Å²) in [7, 11) is 0. The van der Waals surface area contributed by atoms with Crippen LogP contribution in [0.4, 0.5) is 0 Å². The molecular weight excluding hydrogens is 322 g/mol. The number of carbonyl (C=O) groups excluding carboxylic acids is 1. The summed E-state index contributed by atoms with van der Waals surface area (Å²) in [6.45, 7) is 4.97. The normalized spacial score (nSPS) is 12.3. The summed E-state index contributed by atoms with van der Waals surface area (Å²) in [4.78, 5) is 11.8. The monoisotopic (exact) mass is 369 g/mol. The van der Waals surface area contributed by atoms with Gasteiger partial charge in [-0.25, -0.2) is 0 Å². The van der Waals surface area contributed by atoms with Gasteiger partial charge < -0.3 is 10.4 Å². The van der Waals surface area contributed by atoms with E-state index in [1.54, 1.807) is 0 Å². The summed E-state index contributed by atoms with van der Waals surface area (Å²) >= 11 is 0. The molecule has 0 aromatic carbocycles. The highest BCUT2D eigenvalue weighted by molar-refractivity contribution is 5.75. The Labute approximate surface area is 163 Å². The lowest BCUT2D eigenvalue weighted by Gasteiger charge is -2.06. The van der Waals surface area contributed by atoms with Crippen LogP contribution < -0.4 is 5.32 Å². The van der Waals surface area contributed by atoms with Crippen molar-refractivity contribution in [2.75, 3.05) is 6.54 Å². The van der Waals surface area contributed by atoms with Gasteiger partial charge in [0.05, 0.1) is 6.10 Å². The summed E-state index contributed by atoms with van der Waals surface area (Å²) in [6.07, 6.45) is 21.8. The third-order valence-electron chi connectivity index (χ3n) is 5.13. The fourth-order valence-corrected chi connectivity index (χ4v) is 3.36. The molecule has 0 radical (unpaired) electrons. The molecule has 0 rings (SSSR count). The number of hydrogen-bond donors (Lipinski definition) is 2. The van der Waals surface area contributed by atoms with Gasteiger partial charge in [0.25, 0.3) is 0 Å². The first-order valence-corrected chi connectivity index (χ1v) is 11.6. The molecule has 0 aromatic rings. The van der Waals surface area contributed by atoms with Crippen LogP contribution in [0.3, 0.4) is 0 Å². The largest absolute Gasteiger partial charge is 0.393 e. The molecule has 3 heteroatoms. The molecule has 0 saturated heterocycles. The molecule has 2 N–H and O–H groups in total. The lowest BCUT2D eigenvalue weighted by atomic mass is 10.1. The first kappa shape index (κ1) is 25.4. The van der Waals surface area contributed by atoms with Crippen LogP contribution in [0.15, 0.2) is 0 Å². The topological polar surface area (TPSA) is 49.3 Å². The average molecular weight is 370 g/mol. The van der Waals surface area contributed by atoms with Crippen LogP contribution in [0.5, 0.6) is 0 Å². The van der Waals surface area contributed by atoms with Gasteiger partial charge in [-0.05, 0) is 26.2 Å². The molecule has 0 aliphatic rings. The van der Waals surface area contributed by atoms with Crippen molar-refractivity contribution in [2.45, 2.75) is 136 Å². The molecule has 0 aliphatic carbocycles. The quantitative estimate of drug-likeness (QED) is 0.240. The van der Waals surface area contributed by atoms with Crippen molar-refractivity contribution in [2.24, 2.45) is 0 Å². The molecule has 0 bridgehead atoms. The van der Waals surface area contributed by atoms with Crippen LogP contribution in [0.1, 0.15) is 129 Å². The minimum atomic E-state index is -0.144. The maximum absolute atomic E-state index is 11.8. The number of amides is 1. The first-order valence-electron chi connectivity index (χ1n) is 11.6. The molecule has 156 valence electrons. The van der Waals surface area contributed by atoms with Gasteiger partial charge in [-0.15, -0.1) is 0 Å². The summed E-state index contributed by atoms with van der Waals surface area (Å²) < 4.78 is 0. The van der Waals surface area contributed by atoms with Crippen molar-refractivity contribution in [1.82, 2.24) is 5.32 Å². The Hall–Kier alpha value is -0.570. The van der Waals surface area contributed by atoms with E-state index in [9.17, 15) is 9.90 Å². The minimum Gasteiger partial charge on any atom is -0.393 e. The van der Waals surface area contributed by atoms with E-state index in [0.29, 0.717) is 6.42 Å². The molecule has 1 atom stereocenters. The van der Waals surface area contributed by atoms with Crippen LogP contribution in [0, 0.1) is 0 Å². The van der Waals surface area contributed by atoms with E-state index in [-0.39, 0.29) is 12.0 Å². The van der Waals surface area contributed by atoms with E-state index >= 15 is 0 Å². The summed E-state index contributed by atoms with van der Waals surface area (Å²) in [5, 5.41) is 12.3. The molecule has 1 unspecified atom stereocenters. The van der Waals surface area contributed by atoms with E-state index in [1.165, 1.54) is 83.5 Å². The number of hydrogen-bond acceptors (Lipinski definition) is 2. The number of nitrogens with one attached hydrogen (secondary N) is 1. The number of aliphatic hydroxyl groups excluding tert-OH is 1. The van der Waals surface area contributed by atoms with Gasteiger partial charge >= 0.3 is 0 Å². The molecule has 0 fully saturated rings. The Morgan fingerprint density at radius 3 is 1.73 bits per heavy atom. The van der Waals surface area contributed by atoms with Gasteiger partial charge in [0.1, 0.15) is 0 Å². The predicted molar refractivity (Wildman–Crippen MR) is 113 cm³/mol. The number of aliphatic hydroxyl groups is 1. The Bertz CT molecular complexity index is 292. The molecule has 0 aromatic heterocycles. The van der Waals surface area contributed by atoms with E-state index in [1.807, 2.05) is 6.92 Å². The highest BCUT2D eigenvalue weighted by Gasteiger charge is 2.01. The maximum atomic E-state index is 11.8. The number of carbonyl (C=O) groups is 1. The maximum Gasteiger partial charge on any atom is 0.219 e. The number of unbranched alkanes of at least 4 members (excludes halogenated alkanes) is 14. The second-order valence-electron chi connectivity index (χ2n) is 8.04. The molecular formula is C23H47NO2. The fourth-order valence-electron chi connectivity index (χ4n) is 3.36. The van der Waals surface area contributed by atoms with Crippen LogP contribution in [-0.2, 0) is 4.79 Å². The van der Waals surface area contributed by atoms with Crippen LogP contribution in [-0.4, -0.2) is 23.7 Å². The molecule has 0 spiro atoms. The van der Waals surface area contributed by atoms with Crippen LogP contribution >= 0.6 is 0 Å². The Morgan fingerprint density at radius 1 is 0.731 bits per heavy atom. The predicted octanol–water partition coefficient (Wildman–Crippen LogP) is 6.53. The van der Waals surface area contributed by atoms with Crippen molar-refractivity contribution in [1.29, 1.82) is 0 Å². The molecule has 26 heavy (non-hydrogen) atoms. The van der Waals surface area contributed by atoms with Crippen molar-refractivity contribution >= 4 is 5.91 Å². The highest BCUT2D eigenvalue weighted by Crippen LogP contribution is 2.11. The van der Waals surface area contributed by atoms with Crippen molar-refractivity contribution in [3.05, 3.63) is 0 Å². The zero-order chi connectivity index (χ0) is 19.3. The molecule has 3 nitrogen and oxygen atoms in total. The molecule has 0 saturated carbocycles. The van der Waals surface area contributed by atoms with Gasteiger partial charge in [0, 0.05) is 13.0 Å². The lowest BCUT2D eigenvalue weighted by Crippen LogP contribution is -2.23. The Kier molecular flexibility index (Phi) is 20.3. The van der Waals surface area contributed by atoms with E-state index in [4.69, 9.17) is 0 Å². The molecule has 1 amide bonds. The minimum absolute atomic E-state index is 0.144. The van der Waals surface area contributed by atoms with Crippen LogP contribution in [0.2, 0.25) is 0 Å². The van der Waals surface area contributed by atoms with Gasteiger partial charge in [0.2, 0.25) is 5.91 Å². The van der Waals surface area contributed by atoms with Gasteiger partial charge in [-0.1, -0.05) is 96.8 Å². The van der Waals surface area contributed by atoms with E-state index in [2.05, 4.69) is 12.2 Å². The standard InChI is InChI=1S/C23H47NO2/c1-3-4-5-6-7-8-11-14-17-20-23(26)24-21-18-15-12-9-10-13-16-19-22(2)25/h22,25H,3-21H2,1-2H3,(H,24,26). The van der Waals surface area contributed by atoms with Gasteiger partial charge in [0.15, 0.2) is 0 Å². The van der Waals surface area contributed by atoms with Crippen molar-refractivity contribution in [3.63, 3.8) is 0 Å². The third kappa shape index (κ3) is 21.5. The second-order valence-corrected chi connectivity index (χ2v) is 8.04.